The second kappa shape index (κ2) is 3.49. The van der Waals surface area contributed by atoms with Gasteiger partial charge in [-0.1, -0.05) is 30.2 Å². The van der Waals surface area contributed by atoms with E-state index in [1.165, 1.54) is 0 Å². The first-order valence-corrected chi connectivity index (χ1v) is 4.45. The number of hydrogen-bond donors (Lipinski definition) is 1. The number of hydrogen-bond acceptors (Lipinski definition) is 2. The van der Waals surface area contributed by atoms with E-state index in [9.17, 15) is 0 Å². The molecule has 1 atom stereocenters. The summed E-state index contributed by atoms with van der Waals surface area (Å²) in [6.07, 6.45) is 2.98. The highest BCUT2D eigenvalue weighted by atomic mass is 15.6. The minimum absolute atomic E-state index is 0.944. The highest BCUT2D eigenvalue weighted by Gasteiger charge is 2.15. The summed E-state index contributed by atoms with van der Waals surface area (Å²) in [5.74, 6) is 0. The lowest BCUT2D eigenvalue weighted by Gasteiger charge is -1.99. The normalized spacial score (nSPS) is 20.4. The Labute approximate surface area is 77.4 Å². The van der Waals surface area contributed by atoms with Crippen LogP contribution in [-0.4, -0.2) is 0 Å². The number of quaternary nitrogens is 1. The van der Waals surface area contributed by atoms with Crippen LogP contribution in [0.5, 0.6) is 0 Å². The summed E-state index contributed by atoms with van der Waals surface area (Å²) in [4.78, 5) is 0. The van der Waals surface area contributed by atoms with Gasteiger partial charge in [0.05, 0.1) is 0 Å². The van der Waals surface area contributed by atoms with Crippen molar-refractivity contribution in [3.63, 3.8) is 0 Å². The molecule has 1 aromatic carbocycles. The van der Waals surface area contributed by atoms with E-state index in [1.54, 1.807) is 0 Å². The Morgan fingerprint density at radius 2 is 2.00 bits per heavy atom. The summed E-state index contributed by atoms with van der Waals surface area (Å²) in [7, 11) is 0. The number of nitrogens with one attached hydrogen (secondary N) is 1. The smallest absolute Gasteiger partial charge is 0.130 e. The fourth-order valence-electron chi connectivity index (χ4n) is 1.26. The third-order valence-electron chi connectivity index (χ3n) is 2.02. The van der Waals surface area contributed by atoms with Gasteiger partial charge in [-0.05, 0) is 6.42 Å². The van der Waals surface area contributed by atoms with E-state index < -0.39 is 0 Å². The molecule has 2 rings (SSSR count). The van der Waals surface area contributed by atoms with Crippen LogP contribution in [0.1, 0.15) is 13.3 Å². The van der Waals surface area contributed by atoms with Gasteiger partial charge in [0.25, 0.3) is 0 Å². The van der Waals surface area contributed by atoms with Gasteiger partial charge in [0.2, 0.25) is 0 Å². The topological polar surface area (TPSA) is 29.2 Å². The lowest BCUT2D eigenvalue weighted by atomic mass is 10.3. The molecule has 1 N–H and O–H groups in total. The fraction of sp³-hybridized carbons (Fsp3) is 0.200. The van der Waals surface area contributed by atoms with Crippen LogP contribution in [0.15, 0.2) is 52.6 Å². The molecule has 1 heterocycles. The molecule has 0 radical (unpaired) electrons. The zero-order chi connectivity index (χ0) is 9.10. The van der Waals surface area contributed by atoms with Crippen LogP contribution in [0, 0.1) is 0 Å². The zero-order valence-corrected chi connectivity index (χ0v) is 7.57. The molecule has 0 amide bonds. The average molecular weight is 174 g/mol. The number of nitrogens with zero attached hydrogens (tertiary/aromatic N) is 2. The second-order valence-corrected chi connectivity index (χ2v) is 2.94. The molecule has 1 aliphatic rings. The predicted molar refractivity (Wildman–Crippen MR) is 50.3 cm³/mol. The minimum Gasteiger partial charge on any atom is -0.130 e. The quantitative estimate of drug-likeness (QED) is 0.709. The molecular formula is C10H12N3+. The second-order valence-electron chi connectivity index (χ2n) is 2.94. The van der Waals surface area contributed by atoms with E-state index in [0.717, 1.165) is 22.8 Å². The first-order valence-electron chi connectivity index (χ1n) is 4.45. The molecule has 1 aliphatic heterocycles. The van der Waals surface area contributed by atoms with Crippen molar-refractivity contribution in [2.45, 2.75) is 13.3 Å². The SMILES string of the molecule is CCC1=C[NH+](c2ccccc2)N=N1. The van der Waals surface area contributed by atoms with E-state index in [-0.39, 0.29) is 0 Å². The maximum Gasteiger partial charge on any atom is 0.163 e. The zero-order valence-electron chi connectivity index (χ0n) is 7.57. The molecule has 0 aromatic heterocycles. The van der Waals surface area contributed by atoms with Crippen molar-refractivity contribution in [2.75, 3.05) is 0 Å². The molecule has 3 nitrogen and oxygen atoms in total. The number of allylic oxidation sites excluding steroid dienone is 1. The molecule has 13 heavy (non-hydrogen) atoms. The van der Waals surface area contributed by atoms with Crippen molar-refractivity contribution in [3.05, 3.63) is 42.2 Å². The van der Waals surface area contributed by atoms with Gasteiger partial charge in [-0.25, -0.2) is 0 Å². The predicted octanol–water partition coefficient (Wildman–Crippen LogP) is 1.84. The van der Waals surface area contributed by atoms with Gasteiger partial charge in [0.1, 0.15) is 5.70 Å². The molecule has 66 valence electrons. The molecule has 0 fully saturated rings. The number of para-hydroxylation sites is 1. The van der Waals surface area contributed by atoms with Gasteiger partial charge in [-0.15, -0.1) is 5.01 Å². The van der Waals surface area contributed by atoms with E-state index in [4.69, 9.17) is 0 Å². The Morgan fingerprint density at radius 3 is 2.62 bits per heavy atom. The Bertz CT molecular complexity index is 340. The standard InChI is InChI=1S/C10H11N3/c1-2-9-8-13(12-11-9)10-6-4-3-5-7-10/h3-8H,2H2,1H3/p+1. The van der Waals surface area contributed by atoms with Gasteiger partial charge in [0.15, 0.2) is 11.9 Å². The van der Waals surface area contributed by atoms with Crippen LogP contribution in [0.3, 0.4) is 0 Å². The van der Waals surface area contributed by atoms with Crippen molar-refractivity contribution in [2.24, 2.45) is 10.3 Å². The third-order valence-corrected chi connectivity index (χ3v) is 2.02. The summed E-state index contributed by atoms with van der Waals surface area (Å²) in [6, 6.07) is 10.1. The highest BCUT2D eigenvalue weighted by Crippen LogP contribution is 2.07. The number of rotatable bonds is 2. The number of benzene rings is 1. The summed E-state index contributed by atoms with van der Waals surface area (Å²) in [5.41, 5.74) is 2.19. The maximum absolute atomic E-state index is 4.11. The molecule has 0 bridgehead atoms. The third kappa shape index (κ3) is 1.65. The van der Waals surface area contributed by atoms with Crippen LogP contribution in [-0.2, 0) is 0 Å². The summed E-state index contributed by atoms with van der Waals surface area (Å²) >= 11 is 0. The van der Waals surface area contributed by atoms with Crippen molar-refractivity contribution in [1.82, 2.24) is 0 Å². The molecule has 0 saturated carbocycles. The minimum atomic E-state index is 0.944. The lowest BCUT2D eigenvalue weighted by molar-refractivity contribution is -0.783. The Morgan fingerprint density at radius 1 is 1.23 bits per heavy atom. The Kier molecular flexibility index (Phi) is 2.19. The van der Waals surface area contributed by atoms with Crippen molar-refractivity contribution < 1.29 is 5.01 Å². The molecule has 3 heteroatoms. The van der Waals surface area contributed by atoms with Gasteiger partial charge in [0, 0.05) is 17.4 Å². The summed E-state index contributed by atoms with van der Waals surface area (Å²) in [6.45, 7) is 2.08. The molecule has 0 aliphatic carbocycles. The van der Waals surface area contributed by atoms with Gasteiger partial charge in [-0.2, -0.15) is 0 Å². The van der Waals surface area contributed by atoms with E-state index in [1.807, 2.05) is 36.5 Å². The van der Waals surface area contributed by atoms with Gasteiger partial charge < -0.3 is 0 Å². The van der Waals surface area contributed by atoms with E-state index in [0.29, 0.717) is 0 Å². The maximum atomic E-state index is 4.11. The molecule has 0 spiro atoms. The fourth-order valence-corrected chi connectivity index (χ4v) is 1.26. The Hall–Kier alpha value is -1.48. The van der Waals surface area contributed by atoms with Crippen molar-refractivity contribution >= 4 is 5.69 Å². The van der Waals surface area contributed by atoms with Crippen LogP contribution < -0.4 is 5.01 Å². The van der Waals surface area contributed by atoms with Gasteiger partial charge in [-0.3, -0.25) is 0 Å². The van der Waals surface area contributed by atoms with Crippen LogP contribution in [0.2, 0.25) is 0 Å². The Balaban J connectivity index is 2.22. The van der Waals surface area contributed by atoms with Crippen LogP contribution in [0.4, 0.5) is 5.69 Å². The first kappa shape index (κ1) is 8.13. The van der Waals surface area contributed by atoms with Crippen LogP contribution >= 0.6 is 0 Å². The van der Waals surface area contributed by atoms with E-state index in [2.05, 4.69) is 17.3 Å². The van der Waals surface area contributed by atoms with Crippen molar-refractivity contribution in [3.8, 4) is 0 Å². The molecule has 1 aromatic rings. The van der Waals surface area contributed by atoms with Gasteiger partial charge >= 0.3 is 0 Å². The first-order chi connectivity index (χ1) is 6.40. The average Bonchev–Trinajstić information content (AvgIpc) is 2.67. The molecular weight excluding hydrogens is 162 g/mol. The summed E-state index contributed by atoms with van der Waals surface area (Å²) in [5, 5.41) is 9.14. The lowest BCUT2D eigenvalue weighted by Crippen LogP contribution is -2.96. The molecule has 0 saturated heterocycles. The van der Waals surface area contributed by atoms with Crippen molar-refractivity contribution in [1.29, 1.82) is 0 Å². The molecule has 1 unspecified atom stereocenters. The highest BCUT2D eigenvalue weighted by molar-refractivity contribution is 5.28. The summed E-state index contributed by atoms with van der Waals surface area (Å²) < 4.78 is 0. The van der Waals surface area contributed by atoms with Crippen LogP contribution in [0.25, 0.3) is 0 Å². The monoisotopic (exact) mass is 174 g/mol. The largest absolute Gasteiger partial charge is 0.163 e. The van der Waals surface area contributed by atoms with E-state index >= 15 is 0 Å².